The van der Waals surface area contributed by atoms with Gasteiger partial charge in [0.1, 0.15) is 10.1 Å². The van der Waals surface area contributed by atoms with Gasteiger partial charge in [0.2, 0.25) is 0 Å². The summed E-state index contributed by atoms with van der Waals surface area (Å²) in [6, 6.07) is 7.23. The zero-order valence-corrected chi connectivity index (χ0v) is 12.8. The minimum atomic E-state index is 0.305. The monoisotopic (exact) mass is 313 g/mol. The van der Waals surface area contributed by atoms with E-state index < -0.39 is 0 Å². The standard InChI is InChI=1S/C13H15NO2S3/c15-11-1-3-12(4-2-11)17-9-6-16-7-10-19-13-14-5-8-18-13/h1-5,8,15H,6-7,9-10H2. The molecule has 1 aromatic heterocycles. The van der Waals surface area contributed by atoms with Gasteiger partial charge in [-0.05, 0) is 24.3 Å². The van der Waals surface area contributed by atoms with Crippen molar-refractivity contribution in [1.29, 1.82) is 0 Å². The predicted octanol–water partition coefficient (Wildman–Crippen LogP) is 3.75. The molecule has 0 spiro atoms. The Balaban J connectivity index is 1.49. The molecule has 6 heteroatoms. The molecule has 0 aliphatic carbocycles. The number of phenols is 1. The van der Waals surface area contributed by atoms with Crippen LogP contribution < -0.4 is 0 Å². The summed E-state index contributed by atoms with van der Waals surface area (Å²) < 4.78 is 6.66. The second kappa shape index (κ2) is 8.47. The van der Waals surface area contributed by atoms with Crippen molar-refractivity contribution in [3.05, 3.63) is 35.8 Å². The number of phenolic OH excluding ortho intramolecular Hbond substituents is 1. The van der Waals surface area contributed by atoms with Gasteiger partial charge >= 0.3 is 0 Å². The van der Waals surface area contributed by atoms with Crippen molar-refractivity contribution >= 4 is 34.9 Å². The van der Waals surface area contributed by atoms with Gasteiger partial charge in [-0.15, -0.1) is 23.1 Å². The lowest BCUT2D eigenvalue weighted by Gasteiger charge is -2.03. The van der Waals surface area contributed by atoms with Gasteiger partial charge in [0.25, 0.3) is 0 Å². The molecular formula is C13H15NO2S3. The van der Waals surface area contributed by atoms with Gasteiger partial charge in [-0.1, -0.05) is 11.8 Å². The molecule has 0 aliphatic heterocycles. The van der Waals surface area contributed by atoms with E-state index in [4.69, 9.17) is 9.84 Å². The smallest absolute Gasteiger partial charge is 0.149 e. The van der Waals surface area contributed by atoms with Crippen LogP contribution in [0.1, 0.15) is 0 Å². The number of aromatic nitrogens is 1. The minimum absolute atomic E-state index is 0.305. The minimum Gasteiger partial charge on any atom is -0.508 e. The molecule has 0 aliphatic rings. The highest BCUT2D eigenvalue weighted by atomic mass is 32.2. The average molecular weight is 313 g/mol. The van der Waals surface area contributed by atoms with Crippen LogP contribution in [0.3, 0.4) is 0 Å². The van der Waals surface area contributed by atoms with Gasteiger partial charge in [0.05, 0.1) is 13.2 Å². The second-order valence-corrected chi connectivity index (χ2v) is 7.01. The van der Waals surface area contributed by atoms with E-state index in [2.05, 4.69) is 4.98 Å². The maximum Gasteiger partial charge on any atom is 0.149 e. The number of aromatic hydroxyl groups is 1. The first kappa shape index (κ1) is 14.7. The number of ether oxygens (including phenoxy) is 1. The molecule has 1 heterocycles. The van der Waals surface area contributed by atoms with Crippen molar-refractivity contribution in [1.82, 2.24) is 4.98 Å². The lowest BCUT2D eigenvalue weighted by atomic mass is 10.3. The molecule has 0 fully saturated rings. The largest absolute Gasteiger partial charge is 0.508 e. The van der Waals surface area contributed by atoms with Crippen LogP contribution in [0.4, 0.5) is 0 Å². The molecule has 0 amide bonds. The molecule has 0 unspecified atom stereocenters. The van der Waals surface area contributed by atoms with Crippen LogP contribution in [0.15, 0.2) is 45.1 Å². The van der Waals surface area contributed by atoms with E-state index in [-0.39, 0.29) is 0 Å². The summed E-state index contributed by atoms with van der Waals surface area (Å²) in [6.45, 7) is 1.49. The Morgan fingerprint density at radius 1 is 1.11 bits per heavy atom. The highest BCUT2D eigenvalue weighted by molar-refractivity contribution is 8.01. The van der Waals surface area contributed by atoms with Crippen LogP contribution in [-0.4, -0.2) is 34.8 Å². The van der Waals surface area contributed by atoms with E-state index in [1.807, 2.05) is 23.7 Å². The van der Waals surface area contributed by atoms with Crippen molar-refractivity contribution < 1.29 is 9.84 Å². The van der Waals surface area contributed by atoms with E-state index in [1.165, 1.54) is 0 Å². The predicted molar refractivity (Wildman–Crippen MR) is 82.5 cm³/mol. The van der Waals surface area contributed by atoms with Crippen LogP contribution in [-0.2, 0) is 4.74 Å². The van der Waals surface area contributed by atoms with Crippen molar-refractivity contribution in [3.8, 4) is 5.75 Å². The van der Waals surface area contributed by atoms with E-state index in [0.717, 1.165) is 34.0 Å². The Kier molecular flexibility index (Phi) is 6.56. The summed E-state index contributed by atoms with van der Waals surface area (Å²) in [4.78, 5) is 5.35. The van der Waals surface area contributed by atoms with E-state index in [9.17, 15) is 0 Å². The Bertz CT molecular complexity index is 459. The summed E-state index contributed by atoms with van der Waals surface area (Å²) in [5.74, 6) is 2.17. The quantitative estimate of drug-likeness (QED) is 0.594. The molecule has 2 aromatic rings. The topological polar surface area (TPSA) is 42.4 Å². The van der Waals surface area contributed by atoms with Gasteiger partial charge in [-0.25, -0.2) is 4.98 Å². The van der Waals surface area contributed by atoms with Gasteiger partial charge in [-0.2, -0.15) is 0 Å². The van der Waals surface area contributed by atoms with Gasteiger partial charge in [0, 0.05) is 28.0 Å². The molecule has 0 radical (unpaired) electrons. The molecule has 0 saturated heterocycles. The van der Waals surface area contributed by atoms with E-state index >= 15 is 0 Å². The van der Waals surface area contributed by atoms with Gasteiger partial charge in [0.15, 0.2) is 0 Å². The van der Waals surface area contributed by atoms with Gasteiger partial charge < -0.3 is 9.84 Å². The highest BCUT2D eigenvalue weighted by Crippen LogP contribution is 2.21. The molecule has 1 aromatic carbocycles. The van der Waals surface area contributed by atoms with Crippen LogP contribution in [0.5, 0.6) is 5.75 Å². The van der Waals surface area contributed by atoms with Crippen molar-refractivity contribution in [2.45, 2.75) is 9.24 Å². The summed E-state index contributed by atoms with van der Waals surface area (Å²) in [5, 5.41) is 11.1. The molecule has 19 heavy (non-hydrogen) atoms. The molecule has 0 saturated carbocycles. The number of nitrogens with zero attached hydrogens (tertiary/aromatic N) is 1. The summed E-state index contributed by atoms with van der Waals surface area (Å²) >= 11 is 5.12. The number of thiazole rings is 1. The fourth-order valence-corrected chi connectivity index (χ4v) is 3.66. The molecule has 1 N–H and O–H groups in total. The number of rotatable bonds is 8. The van der Waals surface area contributed by atoms with Crippen LogP contribution >= 0.6 is 34.9 Å². The zero-order valence-electron chi connectivity index (χ0n) is 10.3. The zero-order chi connectivity index (χ0) is 13.3. The van der Waals surface area contributed by atoms with Crippen molar-refractivity contribution in [2.24, 2.45) is 0 Å². The third kappa shape index (κ3) is 5.86. The maximum absolute atomic E-state index is 9.16. The first-order chi connectivity index (χ1) is 9.34. The summed E-state index contributed by atoms with van der Waals surface area (Å²) in [6.07, 6.45) is 1.82. The van der Waals surface area contributed by atoms with Crippen LogP contribution in [0.25, 0.3) is 0 Å². The second-order valence-electron chi connectivity index (χ2n) is 3.60. The number of benzene rings is 1. The van der Waals surface area contributed by atoms with Crippen LogP contribution in [0, 0.1) is 0 Å². The van der Waals surface area contributed by atoms with Crippen LogP contribution in [0.2, 0.25) is 0 Å². The van der Waals surface area contributed by atoms with Crippen molar-refractivity contribution in [2.75, 3.05) is 24.7 Å². The fraction of sp³-hybridized carbons (Fsp3) is 0.308. The fourth-order valence-electron chi connectivity index (χ4n) is 1.33. The first-order valence-corrected chi connectivity index (χ1v) is 8.71. The molecule has 102 valence electrons. The lowest BCUT2D eigenvalue weighted by Crippen LogP contribution is -2.01. The third-order valence-corrected chi connectivity index (χ3v) is 5.10. The summed E-state index contributed by atoms with van der Waals surface area (Å²) in [7, 11) is 0. The highest BCUT2D eigenvalue weighted by Gasteiger charge is 1.97. The van der Waals surface area contributed by atoms with E-state index in [1.54, 1.807) is 47.0 Å². The number of hydrogen-bond acceptors (Lipinski definition) is 6. The van der Waals surface area contributed by atoms with Crippen molar-refractivity contribution in [3.63, 3.8) is 0 Å². The Morgan fingerprint density at radius 3 is 2.53 bits per heavy atom. The first-order valence-electron chi connectivity index (χ1n) is 5.86. The Labute approximate surface area is 125 Å². The Morgan fingerprint density at radius 2 is 1.84 bits per heavy atom. The molecule has 0 atom stereocenters. The average Bonchev–Trinajstić information content (AvgIpc) is 2.93. The molecule has 3 nitrogen and oxygen atoms in total. The molecular weight excluding hydrogens is 298 g/mol. The van der Waals surface area contributed by atoms with Gasteiger partial charge in [-0.3, -0.25) is 0 Å². The SMILES string of the molecule is Oc1ccc(SCCOCCSc2nccs2)cc1. The summed E-state index contributed by atoms with van der Waals surface area (Å²) in [5.41, 5.74) is 0. The van der Waals surface area contributed by atoms with E-state index in [0.29, 0.717) is 5.75 Å². The maximum atomic E-state index is 9.16. The molecule has 0 bridgehead atoms. The molecule has 2 rings (SSSR count). The number of hydrogen-bond donors (Lipinski definition) is 1. The lowest BCUT2D eigenvalue weighted by molar-refractivity contribution is 0.167. The number of thioether (sulfide) groups is 2. The third-order valence-electron chi connectivity index (χ3n) is 2.20. The Hall–Kier alpha value is -0.690. The normalized spacial score (nSPS) is 10.7.